The molecule has 3 amide bonds. The first-order valence-electron chi connectivity index (χ1n) is 18.0. The van der Waals surface area contributed by atoms with Crippen molar-refractivity contribution in [3.8, 4) is 0 Å². The number of carbonyl (C=O) groups is 4. The average molecular weight is 720 g/mol. The summed E-state index contributed by atoms with van der Waals surface area (Å²) in [5, 5.41) is 12.6. The average Bonchev–Trinajstić information content (AvgIpc) is 3.76. The molecule has 0 unspecified atom stereocenters. The molecule has 0 aliphatic carbocycles. The van der Waals surface area contributed by atoms with Crippen LogP contribution in [0, 0.1) is 18.8 Å². The first kappa shape index (κ1) is 38.2. The van der Waals surface area contributed by atoms with Gasteiger partial charge in [-0.1, -0.05) is 79.1 Å². The molecular weight excluding hydrogens is 670 g/mol. The molecule has 3 aliphatic heterocycles. The molecule has 5 rings (SSSR count). The van der Waals surface area contributed by atoms with Gasteiger partial charge in [0, 0.05) is 26.1 Å². The van der Waals surface area contributed by atoms with E-state index in [2.05, 4.69) is 18.5 Å². The maximum absolute atomic E-state index is 14.9. The number of amides is 3. The van der Waals surface area contributed by atoms with Crippen LogP contribution in [0.2, 0.25) is 5.02 Å². The molecule has 3 heterocycles. The second-order valence-corrected chi connectivity index (χ2v) is 14.2. The Kier molecular flexibility index (Phi) is 12.8. The lowest BCUT2D eigenvalue weighted by Gasteiger charge is -2.37. The molecule has 0 radical (unpaired) electrons. The first-order chi connectivity index (χ1) is 24.6. The molecule has 2 aromatic carbocycles. The largest absolute Gasteiger partial charge is 0.455 e. The van der Waals surface area contributed by atoms with Gasteiger partial charge in [0.15, 0.2) is 0 Å². The number of halogens is 1. The summed E-state index contributed by atoms with van der Waals surface area (Å²) < 4.78 is 13.0. The highest BCUT2D eigenvalue weighted by Gasteiger charge is 2.75. The molecule has 2 N–H and O–H groups in total. The number of nitrogens with one attached hydrogen (secondary N) is 1. The SMILES string of the molecule is C=CCCC(=O)N[C@H](C)[C@@H](OC(=O)[C@@H]1[C@H]2C(=O)N(CCCCCCO)[C@H](C(=O)N(CC=C)c3c(C)cccc3Cl)[C@]23CC[C@H]1O3)c1ccccc1. The van der Waals surface area contributed by atoms with Gasteiger partial charge in [-0.3, -0.25) is 19.2 Å². The number of fused-ring (bicyclic) bond motifs is 1. The Morgan fingerprint density at radius 3 is 2.55 bits per heavy atom. The van der Waals surface area contributed by atoms with Gasteiger partial charge < -0.3 is 29.7 Å². The minimum Gasteiger partial charge on any atom is -0.455 e. The van der Waals surface area contributed by atoms with E-state index in [1.54, 1.807) is 34.9 Å². The predicted molar refractivity (Wildman–Crippen MR) is 196 cm³/mol. The summed E-state index contributed by atoms with van der Waals surface area (Å²) in [6.45, 7) is 11.8. The fraction of sp³-hybridized carbons (Fsp3) is 0.500. The molecule has 2 aromatic rings. The maximum Gasteiger partial charge on any atom is 0.313 e. The van der Waals surface area contributed by atoms with Crippen LogP contribution in [-0.4, -0.2) is 77.2 Å². The van der Waals surface area contributed by atoms with Crippen LogP contribution < -0.4 is 10.2 Å². The number of allylic oxidation sites excluding steroid dienone is 1. The fourth-order valence-corrected chi connectivity index (χ4v) is 8.49. The van der Waals surface area contributed by atoms with Crippen molar-refractivity contribution < 1.29 is 33.8 Å². The normalized spacial score (nSPS) is 24.5. The molecule has 0 aromatic heterocycles. The van der Waals surface area contributed by atoms with Gasteiger partial charge in [0.1, 0.15) is 17.7 Å². The lowest BCUT2D eigenvalue weighted by molar-refractivity contribution is -0.162. The van der Waals surface area contributed by atoms with Gasteiger partial charge in [-0.15, -0.1) is 13.2 Å². The number of benzene rings is 2. The van der Waals surface area contributed by atoms with Crippen LogP contribution in [-0.2, 0) is 28.7 Å². The van der Waals surface area contributed by atoms with Gasteiger partial charge >= 0.3 is 5.97 Å². The number of aryl methyl sites for hydroxylation is 1. The molecule has 274 valence electrons. The highest BCUT2D eigenvalue weighted by molar-refractivity contribution is 6.34. The van der Waals surface area contributed by atoms with Crippen molar-refractivity contribution in [2.75, 3.05) is 24.6 Å². The standard InChI is InChI=1S/C40H50ClN3O7/c1-5-7-20-31(46)42-27(4)35(28-17-11-10-12-18-28)50-39(49)32-30-21-22-40(51-30)33(32)37(47)44(24-13-8-9-14-25-45)36(40)38(48)43(23-6-2)34-26(3)16-15-19-29(34)41/h5-6,10-12,15-19,27,30,32-33,35-36,45H,1-2,7-9,13-14,20-25H2,3-4H3,(H,42,46)/t27-,30-,32+,33+,35-,36-,40+/m1/s1. The highest BCUT2D eigenvalue weighted by atomic mass is 35.5. The molecule has 3 saturated heterocycles. The third kappa shape index (κ3) is 7.78. The van der Waals surface area contributed by atoms with Gasteiger partial charge in [0.05, 0.1) is 34.7 Å². The monoisotopic (exact) mass is 719 g/mol. The number of hydrogen-bond acceptors (Lipinski definition) is 7. The van der Waals surface area contributed by atoms with Gasteiger partial charge in [-0.25, -0.2) is 0 Å². The second kappa shape index (κ2) is 17.0. The highest BCUT2D eigenvalue weighted by Crippen LogP contribution is 2.59. The zero-order valence-electron chi connectivity index (χ0n) is 29.6. The summed E-state index contributed by atoms with van der Waals surface area (Å²) >= 11 is 6.69. The van der Waals surface area contributed by atoms with E-state index in [-0.39, 0.29) is 37.3 Å². The van der Waals surface area contributed by atoms with E-state index in [0.717, 1.165) is 18.4 Å². The van der Waals surface area contributed by atoms with Crippen molar-refractivity contribution in [3.63, 3.8) is 0 Å². The topological polar surface area (TPSA) is 125 Å². The Labute approximate surface area is 305 Å². The Bertz CT molecular complexity index is 1580. The van der Waals surface area contributed by atoms with E-state index in [9.17, 15) is 24.3 Å². The number of anilines is 1. The van der Waals surface area contributed by atoms with E-state index >= 15 is 0 Å². The van der Waals surface area contributed by atoms with Crippen LogP contribution in [0.15, 0.2) is 73.8 Å². The second-order valence-electron chi connectivity index (χ2n) is 13.8. The predicted octanol–water partition coefficient (Wildman–Crippen LogP) is 5.85. The molecule has 3 fully saturated rings. The number of nitrogens with zero attached hydrogens (tertiary/aromatic N) is 2. The molecule has 2 bridgehead atoms. The zero-order valence-corrected chi connectivity index (χ0v) is 30.4. The minimum atomic E-state index is -1.24. The molecule has 0 saturated carbocycles. The van der Waals surface area contributed by atoms with Crippen LogP contribution in [0.3, 0.4) is 0 Å². The molecule has 3 aliphatic rings. The third-order valence-electron chi connectivity index (χ3n) is 10.4. The van der Waals surface area contributed by atoms with Gasteiger partial charge in [0.25, 0.3) is 5.91 Å². The molecule has 7 atom stereocenters. The number of likely N-dealkylation sites (tertiary alicyclic amines) is 1. The Morgan fingerprint density at radius 2 is 1.86 bits per heavy atom. The van der Waals surface area contributed by atoms with Crippen molar-refractivity contribution in [2.24, 2.45) is 11.8 Å². The van der Waals surface area contributed by atoms with Crippen LogP contribution in [0.1, 0.15) is 75.5 Å². The van der Waals surface area contributed by atoms with E-state index in [1.807, 2.05) is 49.4 Å². The van der Waals surface area contributed by atoms with E-state index in [0.29, 0.717) is 54.9 Å². The van der Waals surface area contributed by atoms with Crippen LogP contribution in [0.4, 0.5) is 5.69 Å². The number of carbonyl (C=O) groups excluding carboxylic acids is 4. The van der Waals surface area contributed by atoms with Crippen molar-refractivity contribution in [1.29, 1.82) is 0 Å². The summed E-state index contributed by atoms with van der Waals surface area (Å²) in [6.07, 6.45) is 6.33. The summed E-state index contributed by atoms with van der Waals surface area (Å²) in [7, 11) is 0. The Balaban J connectivity index is 1.48. The summed E-state index contributed by atoms with van der Waals surface area (Å²) in [5.74, 6) is -3.31. The van der Waals surface area contributed by atoms with E-state index in [1.165, 1.54) is 0 Å². The van der Waals surface area contributed by atoms with E-state index in [4.69, 9.17) is 21.1 Å². The number of rotatable bonds is 18. The number of aliphatic hydroxyl groups excluding tert-OH is 1. The Morgan fingerprint density at radius 1 is 1.12 bits per heavy atom. The number of esters is 1. The lowest BCUT2D eigenvalue weighted by atomic mass is 9.70. The van der Waals surface area contributed by atoms with Gasteiger partial charge in [-0.05, 0) is 63.1 Å². The van der Waals surface area contributed by atoms with Crippen LogP contribution >= 0.6 is 11.6 Å². The molecule has 51 heavy (non-hydrogen) atoms. The molecular formula is C40H50ClN3O7. The van der Waals surface area contributed by atoms with Crippen LogP contribution in [0.25, 0.3) is 0 Å². The summed E-state index contributed by atoms with van der Waals surface area (Å²) in [5.41, 5.74) is 0.793. The number of ether oxygens (including phenoxy) is 2. The van der Waals surface area contributed by atoms with Crippen molar-refractivity contribution >= 4 is 41.0 Å². The maximum atomic E-state index is 14.9. The zero-order chi connectivity index (χ0) is 36.7. The smallest absolute Gasteiger partial charge is 0.313 e. The Hall–Kier alpha value is -3.99. The number of hydrogen-bond donors (Lipinski definition) is 2. The van der Waals surface area contributed by atoms with E-state index < -0.39 is 47.7 Å². The summed E-state index contributed by atoms with van der Waals surface area (Å²) in [4.78, 5) is 59.8. The lowest BCUT2D eigenvalue weighted by Crippen LogP contribution is -2.56. The van der Waals surface area contributed by atoms with Crippen LogP contribution in [0.5, 0.6) is 0 Å². The van der Waals surface area contributed by atoms with Crippen molar-refractivity contribution in [2.45, 2.75) is 95.1 Å². The molecule has 11 heteroatoms. The van der Waals surface area contributed by atoms with Crippen molar-refractivity contribution in [1.82, 2.24) is 10.2 Å². The van der Waals surface area contributed by atoms with Gasteiger partial charge in [-0.2, -0.15) is 0 Å². The third-order valence-corrected chi connectivity index (χ3v) is 10.7. The molecule has 10 nitrogen and oxygen atoms in total. The number of unbranched alkanes of at least 4 members (excludes halogenated alkanes) is 3. The van der Waals surface area contributed by atoms with Crippen molar-refractivity contribution in [3.05, 3.63) is 90.0 Å². The number of aliphatic hydroxyl groups is 1. The fourth-order valence-electron chi connectivity index (χ4n) is 8.16. The quantitative estimate of drug-likeness (QED) is 0.113. The molecule has 1 spiro atoms. The minimum absolute atomic E-state index is 0.0861. The van der Waals surface area contributed by atoms with Gasteiger partial charge in [0.2, 0.25) is 11.8 Å². The summed E-state index contributed by atoms with van der Waals surface area (Å²) in [6, 6.07) is 13.0. The first-order valence-corrected chi connectivity index (χ1v) is 18.4. The number of para-hydroxylation sites is 1.